The lowest BCUT2D eigenvalue weighted by atomic mass is 9.99. The molecule has 0 aliphatic heterocycles. The van der Waals surface area contributed by atoms with Crippen LogP contribution in [-0.4, -0.2) is 34.4 Å². The molecule has 6 nitrogen and oxygen atoms in total. The fraction of sp³-hybridized carbons (Fsp3) is 0.316. The van der Waals surface area contributed by atoms with Gasteiger partial charge < -0.3 is 13.7 Å². The summed E-state index contributed by atoms with van der Waals surface area (Å²) in [6.45, 7) is 2.28. The molecule has 0 spiro atoms. The number of carbonyl (C=O) groups excluding carboxylic acids is 1. The van der Waals surface area contributed by atoms with Crippen molar-refractivity contribution in [1.82, 2.24) is 0 Å². The number of esters is 1. The van der Waals surface area contributed by atoms with Crippen LogP contribution in [0.15, 0.2) is 48.5 Å². The van der Waals surface area contributed by atoms with Gasteiger partial charge in [0.2, 0.25) is 0 Å². The van der Waals surface area contributed by atoms with Crippen LogP contribution in [-0.2, 0) is 26.1 Å². The van der Waals surface area contributed by atoms with Gasteiger partial charge in [-0.1, -0.05) is 24.3 Å². The molecule has 0 heterocycles. The van der Waals surface area contributed by atoms with Gasteiger partial charge in [-0.25, -0.2) is 0 Å². The Morgan fingerprint density at radius 2 is 1.58 bits per heavy atom. The molecular formula is C19H22O6S. The zero-order chi connectivity index (χ0) is 19.2. The Hall–Kier alpha value is -2.54. The van der Waals surface area contributed by atoms with E-state index in [4.69, 9.17) is 13.7 Å². The standard InChI is InChI=1S/C19H22O6S/c1-14(19(20)23-2)16-6-4-15(5-7-16)12-13-24-17-8-10-18(11-9-17)25-26(3,21)22/h4-11,14H,12-13H2,1-3H3/t14-/m1/s1. The second-order valence-electron chi connectivity index (χ2n) is 5.84. The average molecular weight is 378 g/mol. The van der Waals surface area contributed by atoms with Crippen molar-refractivity contribution in [2.75, 3.05) is 20.0 Å². The van der Waals surface area contributed by atoms with E-state index >= 15 is 0 Å². The third kappa shape index (κ3) is 6.07. The topological polar surface area (TPSA) is 78.9 Å². The predicted octanol–water partition coefficient (Wildman–Crippen LogP) is 2.92. The number of benzene rings is 2. The van der Waals surface area contributed by atoms with E-state index < -0.39 is 10.1 Å². The zero-order valence-corrected chi connectivity index (χ0v) is 15.8. The Labute approximate surface area is 153 Å². The Morgan fingerprint density at radius 3 is 2.12 bits per heavy atom. The smallest absolute Gasteiger partial charge is 0.312 e. The van der Waals surface area contributed by atoms with Gasteiger partial charge in [0.25, 0.3) is 0 Å². The lowest BCUT2D eigenvalue weighted by Gasteiger charge is -2.11. The highest BCUT2D eigenvalue weighted by molar-refractivity contribution is 7.86. The highest BCUT2D eigenvalue weighted by atomic mass is 32.2. The van der Waals surface area contributed by atoms with Gasteiger partial charge in [0.05, 0.1) is 25.9 Å². The first-order valence-corrected chi connectivity index (χ1v) is 9.89. The molecule has 7 heteroatoms. The lowest BCUT2D eigenvalue weighted by Crippen LogP contribution is -2.10. The van der Waals surface area contributed by atoms with E-state index in [1.807, 2.05) is 24.3 Å². The Kier molecular flexibility index (Phi) is 6.63. The highest BCUT2D eigenvalue weighted by Gasteiger charge is 2.15. The monoisotopic (exact) mass is 378 g/mol. The van der Waals surface area contributed by atoms with Crippen LogP contribution in [0.5, 0.6) is 11.5 Å². The molecule has 2 aromatic carbocycles. The molecule has 0 radical (unpaired) electrons. The molecule has 0 aliphatic carbocycles. The van der Waals surface area contributed by atoms with Gasteiger partial charge in [0, 0.05) is 6.42 Å². The van der Waals surface area contributed by atoms with E-state index in [0.29, 0.717) is 18.8 Å². The van der Waals surface area contributed by atoms with Crippen molar-refractivity contribution in [2.24, 2.45) is 0 Å². The van der Waals surface area contributed by atoms with Crippen molar-refractivity contribution >= 4 is 16.1 Å². The normalized spacial score (nSPS) is 12.3. The van der Waals surface area contributed by atoms with Crippen LogP contribution in [0.3, 0.4) is 0 Å². The number of rotatable bonds is 8. The van der Waals surface area contributed by atoms with Crippen LogP contribution in [0, 0.1) is 0 Å². The molecule has 2 rings (SSSR count). The summed E-state index contributed by atoms with van der Waals surface area (Å²) in [7, 11) is -2.15. The minimum atomic E-state index is -3.53. The molecule has 0 N–H and O–H groups in total. The molecule has 0 unspecified atom stereocenters. The summed E-state index contributed by atoms with van der Waals surface area (Å²) in [5, 5.41) is 0. The van der Waals surface area contributed by atoms with Crippen molar-refractivity contribution in [2.45, 2.75) is 19.3 Å². The summed E-state index contributed by atoms with van der Waals surface area (Å²) < 4.78 is 37.3. The summed E-state index contributed by atoms with van der Waals surface area (Å²) in [5.74, 6) is 0.319. The second-order valence-corrected chi connectivity index (χ2v) is 7.42. The molecule has 0 bridgehead atoms. The first kappa shape index (κ1) is 19.8. The third-order valence-electron chi connectivity index (χ3n) is 3.77. The minimum absolute atomic E-state index is 0.246. The van der Waals surface area contributed by atoms with Crippen LogP contribution in [0.2, 0.25) is 0 Å². The van der Waals surface area contributed by atoms with Crippen molar-refractivity contribution in [3.05, 3.63) is 59.7 Å². The summed E-state index contributed by atoms with van der Waals surface area (Å²) in [4.78, 5) is 11.5. The quantitative estimate of drug-likeness (QED) is 0.519. The number of hydrogen-bond donors (Lipinski definition) is 0. The Bertz CT molecular complexity index is 825. The number of carbonyl (C=O) groups is 1. The van der Waals surface area contributed by atoms with E-state index in [9.17, 15) is 13.2 Å². The maximum Gasteiger partial charge on any atom is 0.312 e. The molecule has 1 atom stereocenters. The van der Waals surface area contributed by atoms with Gasteiger partial charge >= 0.3 is 16.1 Å². The SMILES string of the molecule is COC(=O)[C@H](C)c1ccc(CCOc2ccc(OS(C)(=O)=O)cc2)cc1. The van der Waals surface area contributed by atoms with Gasteiger partial charge in [0.1, 0.15) is 11.5 Å². The van der Waals surface area contributed by atoms with E-state index in [1.165, 1.54) is 7.11 Å². The third-order valence-corrected chi connectivity index (χ3v) is 4.26. The molecule has 0 saturated carbocycles. The van der Waals surface area contributed by atoms with Crippen molar-refractivity contribution in [3.63, 3.8) is 0 Å². The fourth-order valence-electron chi connectivity index (χ4n) is 2.34. The zero-order valence-electron chi connectivity index (χ0n) is 15.0. The lowest BCUT2D eigenvalue weighted by molar-refractivity contribution is -0.141. The van der Waals surface area contributed by atoms with Crippen LogP contribution in [0.1, 0.15) is 24.0 Å². The van der Waals surface area contributed by atoms with E-state index in [0.717, 1.165) is 17.4 Å². The average Bonchev–Trinajstić information content (AvgIpc) is 2.61. The van der Waals surface area contributed by atoms with E-state index in [1.54, 1.807) is 31.2 Å². The maximum atomic E-state index is 11.5. The van der Waals surface area contributed by atoms with Gasteiger partial charge in [0.15, 0.2) is 0 Å². The molecule has 0 saturated heterocycles. The number of ether oxygens (including phenoxy) is 2. The second kappa shape index (κ2) is 8.71. The van der Waals surface area contributed by atoms with Crippen LogP contribution in [0.25, 0.3) is 0 Å². The van der Waals surface area contributed by atoms with Crippen LogP contribution >= 0.6 is 0 Å². The summed E-state index contributed by atoms with van der Waals surface area (Å²) in [6.07, 6.45) is 1.70. The Balaban J connectivity index is 1.85. The summed E-state index contributed by atoms with van der Waals surface area (Å²) in [6, 6.07) is 14.1. The molecule has 0 fully saturated rings. The van der Waals surface area contributed by atoms with Crippen molar-refractivity contribution in [3.8, 4) is 11.5 Å². The molecule has 2 aromatic rings. The molecule has 0 amide bonds. The molecule has 140 valence electrons. The first-order chi connectivity index (χ1) is 12.3. The van der Waals surface area contributed by atoms with Crippen molar-refractivity contribution < 1.29 is 26.9 Å². The fourth-order valence-corrected chi connectivity index (χ4v) is 2.80. The van der Waals surface area contributed by atoms with Crippen LogP contribution < -0.4 is 8.92 Å². The molecule has 0 aliphatic rings. The largest absolute Gasteiger partial charge is 0.493 e. The molecular weight excluding hydrogens is 356 g/mol. The van der Waals surface area contributed by atoms with E-state index in [-0.39, 0.29) is 17.6 Å². The van der Waals surface area contributed by atoms with Gasteiger partial charge in [-0.3, -0.25) is 4.79 Å². The van der Waals surface area contributed by atoms with Gasteiger partial charge in [-0.2, -0.15) is 8.42 Å². The molecule has 0 aromatic heterocycles. The summed E-state index contributed by atoms with van der Waals surface area (Å²) >= 11 is 0. The predicted molar refractivity (Wildman–Crippen MR) is 98.0 cm³/mol. The van der Waals surface area contributed by atoms with Gasteiger partial charge in [-0.05, 0) is 42.3 Å². The maximum absolute atomic E-state index is 11.5. The first-order valence-electron chi connectivity index (χ1n) is 8.07. The molecule has 26 heavy (non-hydrogen) atoms. The minimum Gasteiger partial charge on any atom is -0.493 e. The van der Waals surface area contributed by atoms with Crippen LogP contribution in [0.4, 0.5) is 0 Å². The highest BCUT2D eigenvalue weighted by Crippen LogP contribution is 2.20. The Morgan fingerprint density at radius 1 is 1.00 bits per heavy atom. The van der Waals surface area contributed by atoms with Gasteiger partial charge in [-0.15, -0.1) is 0 Å². The summed E-state index contributed by atoms with van der Waals surface area (Å²) in [5.41, 5.74) is 1.99. The number of hydrogen-bond acceptors (Lipinski definition) is 6. The number of methoxy groups -OCH3 is 1. The van der Waals surface area contributed by atoms with E-state index in [2.05, 4.69) is 0 Å². The van der Waals surface area contributed by atoms with Crippen molar-refractivity contribution in [1.29, 1.82) is 0 Å².